The number of rotatable bonds is 7. The number of nitrogens with zero attached hydrogens (tertiary/aromatic N) is 1. The highest BCUT2D eigenvalue weighted by atomic mass is 16.5. The predicted octanol–water partition coefficient (Wildman–Crippen LogP) is 2.62. The molecule has 0 aliphatic carbocycles. The maximum Gasteiger partial charge on any atom is 0.137 e. The van der Waals surface area contributed by atoms with Crippen molar-refractivity contribution in [2.24, 2.45) is 5.92 Å². The lowest BCUT2D eigenvalue weighted by molar-refractivity contribution is 0.315. The van der Waals surface area contributed by atoms with Crippen LogP contribution in [0.25, 0.3) is 0 Å². The van der Waals surface area contributed by atoms with Gasteiger partial charge in [-0.2, -0.15) is 0 Å². The molecule has 0 unspecified atom stereocenters. The lowest BCUT2D eigenvalue weighted by atomic mass is 10.2. The predicted molar refractivity (Wildman–Crippen MR) is 66.6 cm³/mol. The zero-order valence-corrected chi connectivity index (χ0v) is 10.5. The molecule has 16 heavy (non-hydrogen) atoms. The minimum Gasteiger partial charge on any atom is -0.492 e. The van der Waals surface area contributed by atoms with Crippen LogP contribution in [0.3, 0.4) is 0 Å². The van der Waals surface area contributed by atoms with Gasteiger partial charge in [-0.15, -0.1) is 0 Å². The Morgan fingerprint density at radius 2 is 2.19 bits per heavy atom. The first-order valence-electron chi connectivity index (χ1n) is 5.99. The number of nitrogens with one attached hydrogen (secondary N) is 1. The number of ether oxygens (including phenoxy) is 1. The summed E-state index contributed by atoms with van der Waals surface area (Å²) >= 11 is 0. The summed E-state index contributed by atoms with van der Waals surface area (Å²) in [5.41, 5.74) is 1.18. The van der Waals surface area contributed by atoms with Crippen LogP contribution in [0.15, 0.2) is 18.5 Å². The summed E-state index contributed by atoms with van der Waals surface area (Å²) in [7, 11) is 0. The van der Waals surface area contributed by atoms with E-state index in [-0.39, 0.29) is 0 Å². The largest absolute Gasteiger partial charge is 0.492 e. The van der Waals surface area contributed by atoms with Crippen molar-refractivity contribution in [1.82, 2.24) is 10.3 Å². The topological polar surface area (TPSA) is 34.1 Å². The van der Waals surface area contributed by atoms with Crippen LogP contribution in [-0.2, 0) is 6.54 Å². The Morgan fingerprint density at radius 1 is 1.38 bits per heavy atom. The van der Waals surface area contributed by atoms with Gasteiger partial charge in [0.1, 0.15) is 5.75 Å². The average Bonchev–Trinajstić information content (AvgIpc) is 2.26. The van der Waals surface area contributed by atoms with Gasteiger partial charge >= 0.3 is 0 Å². The van der Waals surface area contributed by atoms with Gasteiger partial charge < -0.3 is 10.1 Å². The highest BCUT2D eigenvalue weighted by molar-refractivity contribution is 5.23. The van der Waals surface area contributed by atoms with E-state index in [1.54, 1.807) is 6.20 Å². The van der Waals surface area contributed by atoms with E-state index in [4.69, 9.17) is 4.74 Å². The SMILES string of the molecule is CCCOc1cncc(CNCC(C)C)c1. The molecule has 0 fully saturated rings. The molecule has 0 saturated carbocycles. The van der Waals surface area contributed by atoms with Gasteiger partial charge in [-0.3, -0.25) is 4.98 Å². The van der Waals surface area contributed by atoms with Gasteiger partial charge in [0.2, 0.25) is 0 Å². The zero-order chi connectivity index (χ0) is 11.8. The average molecular weight is 222 g/mol. The summed E-state index contributed by atoms with van der Waals surface area (Å²) in [5.74, 6) is 1.54. The van der Waals surface area contributed by atoms with E-state index < -0.39 is 0 Å². The summed E-state index contributed by atoms with van der Waals surface area (Å²) in [6.07, 6.45) is 4.67. The molecule has 1 heterocycles. The van der Waals surface area contributed by atoms with Crippen LogP contribution >= 0.6 is 0 Å². The first kappa shape index (κ1) is 13.0. The molecule has 0 amide bonds. The van der Waals surface area contributed by atoms with Gasteiger partial charge in [0.15, 0.2) is 0 Å². The molecule has 0 radical (unpaired) electrons. The van der Waals surface area contributed by atoms with Crippen LogP contribution in [-0.4, -0.2) is 18.1 Å². The Labute approximate surface area is 98.2 Å². The molecule has 0 aliphatic rings. The molecule has 0 atom stereocenters. The molecule has 1 rings (SSSR count). The van der Waals surface area contributed by atoms with Crippen molar-refractivity contribution in [3.8, 4) is 5.75 Å². The molecule has 1 aromatic heterocycles. The van der Waals surface area contributed by atoms with E-state index in [0.29, 0.717) is 5.92 Å². The molecule has 1 N–H and O–H groups in total. The third-order valence-corrected chi connectivity index (χ3v) is 2.12. The van der Waals surface area contributed by atoms with Crippen molar-refractivity contribution in [3.63, 3.8) is 0 Å². The molecule has 0 saturated heterocycles. The smallest absolute Gasteiger partial charge is 0.137 e. The summed E-state index contributed by atoms with van der Waals surface area (Å²) in [6, 6.07) is 2.05. The minimum absolute atomic E-state index is 0.674. The Morgan fingerprint density at radius 3 is 2.88 bits per heavy atom. The third kappa shape index (κ3) is 5.12. The summed E-state index contributed by atoms with van der Waals surface area (Å²) in [6.45, 7) is 9.14. The van der Waals surface area contributed by atoms with Crippen molar-refractivity contribution < 1.29 is 4.74 Å². The quantitative estimate of drug-likeness (QED) is 0.770. The van der Waals surface area contributed by atoms with Crippen LogP contribution in [0.2, 0.25) is 0 Å². The first-order valence-corrected chi connectivity index (χ1v) is 5.99. The normalized spacial score (nSPS) is 10.8. The number of hydrogen-bond donors (Lipinski definition) is 1. The van der Waals surface area contributed by atoms with Crippen molar-refractivity contribution in [2.75, 3.05) is 13.2 Å². The van der Waals surface area contributed by atoms with Gasteiger partial charge in [0.05, 0.1) is 12.8 Å². The standard InChI is InChI=1S/C13H22N2O/c1-4-5-16-13-6-12(9-15-10-13)8-14-7-11(2)3/h6,9-11,14H,4-5,7-8H2,1-3H3. The van der Waals surface area contributed by atoms with E-state index in [2.05, 4.69) is 37.1 Å². The Bertz CT molecular complexity index is 300. The summed E-state index contributed by atoms with van der Waals surface area (Å²) in [4.78, 5) is 4.17. The molecule has 3 heteroatoms. The fraction of sp³-hybridized carbons (Fsp3) is 0.615. The van der Waals surface area contributed by atoms with E-state index in [1.165, 1.54) is 5.56 Å². The summed E-state index contributed by atoms with van der Waals surface area (Å²) < 4.78 is 5.53. The molecule has 0 spiro atoms. The fourth-order valence-electron chi connectivity index (χ4n) is 1.36. The van der Waals surface area contributed by atoms with Crippen molar-refractivity contribution in [1.29, 1.82) is 0 Å². The van der Waals surface area contributed by atoms with Crippen molar-refractivity contribution in [2.45, 2.75) is 33.7 Å². The number of aromatic nitrogens is 1. The van der Waals surface area contributed by atoms with Gasteiger partial charge in [-0.1, -0.05) is 20.8 Å². The van der Waals surface area contributed by atoms with Crippen LogP contribution in [0.4, 0.5) is 0 Å². The molecular formula is C13H22N2O. The second kappa shape index (κ2) is 7.23. The first-order chi connectivity index (χ1) is 7.72. The second-order valence-corrected chi connectivity index (χ2v) is 4.40. The highest BCUT2D eigenvalue weighted by Crippen LogP contribution is 2.11. The molecule has 0 aromatic carbocycles. The van der Waals surface area contributed by atoms with Gasteiger partial charge in [0.25, 0.3) is 0 Å². The third-order valence-electron chi connectivity index (χ3n) is 2.12. The minimum atomic E-state index is 0.674. The molecular weight excluding hydrogens is 200 g/mol. The van der Waals surface area contributed by atoms with Gasteiger partial charge in [-0.05, 0) is 30.5 Å². The Balaban J connectivity index is 2.40. The molecule has 3 nitrogen and oxygen atoms in total. The van der Waals surface area contributed by atoms with Gasteiger partial charge in [-0.25, -0.2) is 0 Å². The Hall–Kier alpha value is -1.09. The summed E-state index contributed by atoms with van der Waals surface area (Å²) in [5, 5.41) is 3.39. The molecule has 0 aliphatic heterocycles. The van der Waals surface area contributed by atoms with Crippen LogP contribution in [0, 0.1) is 5.92 Å². The maximum atomic E-state index is 5.53. The Kier molecular flexibility index (Phi) is 5.86. The monoisotopic (exact) mass is 222 g/mol. The van der Waals surface area contributed by atoms with E-state index in [0.717, 1.165) is 31.9 Å². The van der Waals surface area contributed by atoms with Crippen LogP contribution < -0.4 is 10.1 Å². The van der Waals surface area contributed by atoms with Crippen LogP contribution in [0.5, 0.6) is 5.75 Å². The molecule has 0 bridgehead atoms. The number of hydrogen-bond acceptors (Lipinski definition) is 3. The van der Waals surface area contributed by atoms with Gasteiger partial charge in [0, 0.05) is 12.7 Å². The zero-order valence-electron chi connectivity index (χ0n) is 10.5. The number of pyridine rings is 1. The lowest BCUT2D eigenvalue weighted by Crippen LogP contribution is -2.19. The van der Waals surface area contributed by atoms with Crippen molar-refractivity contribution in [3.05, 3.63) is 24.0 Å². The van der Waals surface area contributed by atoms with Crippen LogP contribution in [0.1, 0.15) is 32.8 Å². The van der Waals surface area contributed by atoms with E-state index in [1.807, 2.05) is 6.20 Å². The molecule has 1 aromatic rings. The lowest BCUT2D eigenvalue weighted by Gasteiger charge is -2.09. The van der Waals surface area contributed by atoms with Crippen molar-refractivity contribution >= 4 is 0 Å². The fourth-order valence-corrected chi connectivity index (χ4v) is 1.36. The van der Waals surface area contributed by atoms with E-state index in [9.17, 15) is 0 Å². The molecule has 90 valence electrons. The second-order valence-electron chi connectivity index (χ2n) is 4.40. The highest BCUT2D eigenvalue weighted by Gasteiger charge is 1.98. The maximum absolute atomic E-state index is 5.53. The van der Waals surface area contributed by atoms with E-state index >= 15 is 0 Å².